The van der Waals surface area contributed by atoms with Crippen LogP contribution in [0.2, 0.25) is 0 Å². The van der Waals surface area contributed by atoms with Gasteiger partial charge in [0.1, 0.15) is 0 Å². The van der Waals surface area contributed by atoms with Crippen LogP contribution < -0.4 is 0 Å². The second-order valence-corrected chi connectivity index (χ2v) is 3.09. The molecule has 0 aliphatic heterocycles. The van der Waals surface area contributed by atoms with Gasteiger partial charge in [-0.05, 0) is 19.6 Å². The Balaban J connectivity index is 3.39. The van der Waals surface area contributed by atoms with E-state index in [9.17, 15) is 0 Å². The maximum absolute atomic E-state index is 5.10. The summed E-state index contributed by atoms with van der Waals surface area (Å²) in [5, 5.41) is 0. The standard InChI is InChI=1S/C9H14S/c1-4-5-6-7-9(2)8-10-3/h1,7H,5-6,8H2,2-3H3/b9-7-. The lowest BCUT2D eigenvalue weighted by atomic mass is 10.2. The van der Waals surface area contributed by atoms with Crippen molar-refractivity contribution in [3.63, 3.8) is 0 Å². The molecule has 0 aromatic rings. The van der Waals surface area contributed by atoms with Crippen molar-refractivity contribution in [2.45, 2.75) is 19.8 Å². The molecule has 0 aliphatic rings. The van der Waals surface area contributed by atoms with Crippen LogP contribution in [0, 0.1) is 12.3 Å². The quantitative estimate of drug-likeness (QED) is 0.341. The summed E-state index contributed by atoms with van der Waals surface area (Å²) >= 11 is 1.85. The minimum Gasteiger partial charge on any atom is -0.161 e. The first-order valence-corrected chi connectivity index (χ1v) is 4.78. The minimum absolute atomic E-state index is 0.867. The summed E-state index contributed by atoms with van der Waals surface area (Å²) in [6.45, 7) is 2.15. The van der Waals surface area contributed by atoms with Crippen molar-refractivity contribution < 1.29 is 0 Å². The third kappa shape index (κ3) is 5.78. The molecule has 0 bridgehead atoms. The van der Waals surface area contributed by atoms with Crippen LogP contribution in [0.25, 0.3) is 0 Å². The van der Waals surface area contributed by atoms with Crippen LogP contribution in [0.15, 0.2) is 11.6 Å². The highest BCUT2D eigenvalue weighted by atomic mass is 32.2. The predicted octanol–water partition coefficient (Wildman–Crippen LogP) is 2.71. The smallest absolute Gasteiger partial charge is 0.0137 e. The largest absolute Gasteiger partial charge is 0.161 e. The highest BCUT2D eigenvalue weighted by molar-refractivity contribution is 7.98. The molecule has 10 heavy (non-hydrogen) atoms. The average Bonchev–Trinajstić information content (AvgIpc) is 1.89. The molecule has 0 radical (unpaired) electrons. The molecule has 0 aromatic carbocycles. The summed E-state index contributed by atoms with van der Waals surface area (Å²) in [7, 11) is 0. The Morgan fingerprint density at radius 1 is 1.70 bits per heavy atom. The maximum atomic E-state index is 5.10. The summed E-state index contributed by atoms with van der Waals surface area (Å²) in [5.74, 6) is 3.74. The van der Waals surface area contributed by atoms with Crippen LogP contribution in [0.5, 0.6) is 0 Å². The number of allylic oxidation sites excluding steroid dienone is 1. The van der Waals surface area contributed by atoms with Crippen LogP contribution in [0.1, 0.15) is 19.8 Å². The molecular formula is C9H14S. The van der Waals surface area contributed by atoms with Gasteiger partial charge in [0.25, 0.3) is 0 Å². The lowest BCUT2D eigenvalue weighted by molar-refractivity contribution is 1.07. The fourth-order valence-electron chi connectivity index (χ4n) is 0.688. The minimum atomic E-state index is 0.867. The lowest BCUT2D eigenvalue weighted by Crippen LogP contribution is -1.79. The maximum Gasteiger partial charge on any atom is 0.0137 e. The van der Waals surface area contributed by atoms with Crippen molar-refractivity contribution in [3.8, 4) is 12.3 Å². The van der Waals surface area contributed by atoms with Gasteiger partial charge in [-0.3, -0.25) is 0 Å². The third-order valence-corrected chi connectivity index (χ3v) is 1.90. The van der Waals surface area contributed by atoms with Crippen molar-refractivity contribution in [3.05, 3.63) is 11.6 Å². The van der Waals surface area contributed by atoms with Crippen LogP contribution >= 0.6 is 11.8 Å². The first kappa shape index (κ1) is 9.65. The Labute approximate surface area is 68.1 Å². The molecule has 56 valence electrons. The van der Waals surface area contributed by atoms with Gasteiger partial charge in [-0.1, -0.05) is 11.6 Å². The number of terminal acetylenes is 1. The Morgan fingerprint density at radius 3 is 2.90 bits per heavy atom. The van der Waals surface area contributed by atoms with Gasteiger partial charge in [-0.15, -0.1) is 12.3 Å². The van der Waals surface area contributed by atoms with Gasteiger partial charge in [0.15, 0.2) is 0 Å². The van der Waals surface area contributed by atoms with Gasteiger partial charge >= 0.3 is 0 Å². The van der Waals surface area contributed by atoms with Crippen molar-refractivity contribution >= 4 is 11.8 Å². The van der Waals surface area contributed by atoms with E-state index in [1.54, 1.807) is 0 Å². The lowest BCUT2D eigenvalue weighted by Gasteiger charge is -1.94. The van der Waals surface area contributed by atoms with Crippen LogP contribution in [-0.4, -0.2) is 12.0 Å². The van der Waals surface area contributed by atoms with Crippen LogP contribution in [0.4, 0.5) is 0 Å². The molecule has 0 nitrogen and oxygen atoms in total. The topological polar surface area (TPSA) is 0 Å². The number of thioether (sulfide) groups is 1. The van der Waals surface area contributed by atoms with E-state index in [0.717, 1.165) is 18.6 Å². The van der Waals surface area contributed by atoms with E-state index >= 15 is 0 Å². The van der Waals surface area contributed by atoms with Crippen LogP contribution in [-0.2, 0) is 0 Å². The number of rotatable bonds is 4. The fourth-order valence-corrected chi connectivity index (χ4v) is 1.26. The molecule has 1 heteroatoms. The second kappa shape index (κ2) is 6.77. The molecule has 0 fully saturated rings. The SMILES string of the molecule is C#CCC/C=C(/C)CSC. The zero-order chi connectivity index (χ0) is 7.82. The van der Waals surface area contributed by atoms with Gasteiger partial charge in [-0.2, -0.15) is 11.8 Å². The second-order valence-electron chi connectivity index (χ2n) is 2.23. The first-order valence-electron chi connectivity index (χ1n) is 3.39. The molecule has 0 heterocycles. The monoisotopic (exact) mass is 154 g/mol. The van der Waals surface area contributed by atoms with Gasteiger partial charge in [0, 0.05) is 12.2 Å². The molecule has 0 unspecified atom stereocenters. The summed E-state index contributed by atoms with van der Waals surface area (Å²) < 4.78 is 0. The molecule has 0 saturated carbocycles. The van der Waals surface area contributed by atoms with Crippen LogP contribution in [0.3, 0.4) is 0 Å². The van der Waals surface area contributed by atoms with Crippen molar-refractivity contribution in [2.75, 3.05) is 12.0 Å². The number of hydrogen-bond donors (Lipinski definition) is 0. The number of unbranched alkanes of at least 4 members (excludes halogenated alkanes) is 1. The molecule has 0 aromatic heterocycles. The van der Waals surface area contributed by atoms with E-state index in [4.69, 9.17) is 6.42 Å². The Hall–Kier alpha value is -0.350. The molecule has 0 N–H and O–H groups in total. The highest BCUT2D eigenvalue weighted by Gasteiger charge is 1.85. The average molecular weight is 154 g/mol. The molecule has 0 atom stereocenters. The summed E-state index contributed by atoms with van der Waals surface area (Å²) in [5.41, 5.74) is 1.43. The van der Waals surface area contributed by atoms with Gasteiger partial charge in [-0.25, -0.2) is 0 Å². The van der Waals surface area contributed by atoms with Crippen molar-refractivity contribution in [1.82, 2.24) is 0 Å². The zero-order valence-corrected chi connectivity index (χ0v) is 7.50. The highest BCUT2D eigenvalue weighted by Crippen LogP contribution is 2.04. The van der Waals surface area contributed by atoms with E-state index in [2.05, 4.69) is 25.2 Å². The summed E-state index contributed by atoms with van der Waals surface area (Å²) in [6, 6.07) is 0. The van der Waals surface area contributed by atoms with E-state index in [0.29, 0.717) is 0 Å². The van der Waals surface area contributed by atoms with Gasteiger partial charge in [0.2, 0.25) is 0 Å². The Bertz CT molecular complexity index is 139. The predicted molar refractivity (Wildman–Crippen MR) is 50.2 cm³/mol. The number of hydrogen-bond acceptors (Lipinski definition) is 1. The normalized spacial score (nSPS) is 11.1. The summed E-state index contributed by atoms with van der Waals surface area (Å²) in [4.78, 5) is 0. The third-order valence-electron chi connectivity index (χ3n) is 1.15. The molecule has 0 saturated heterocycles. The first-order chi connectivity index (χ1) is 4.81. The fraction of sp³-hybridized carbons (Fsp3) is 0.556. The summed E-state index contributed by atoms with van der Waals surface area (Å²) in [6.07, 6.45) is 11.3. The Kier molecular flexibility index (Phi) is 6.53. The van der Waals surface area contributed by atoms with Gasteiger partial charge in [0.05, 0.1) is 0 Å². The molecule has 0 amide bonds. The molecule has 0 aliphatic carbocycles. The van der Waals surface area contributed by atoms with E-state index in [-0.39, 0.29) is 0 Å². The van der Waals surface area contributed by atoms with Crippen molar-refractivity contribution in [2.24, 2.45) is 0 Å². The molecular weight excluding hydrogens is 140 g/mol. The Morgan fingerprint density at radius 2 is 2.40 bits per heavy atom. The van der Waals surface area contributed by atoms with E-state index in [1.807, 2.05) is 11.8 Å². The zero-order valence-electron chi connectivity index (χ0n) is 6.68. The van der Waals surface area contributed by atoms with E-state index in [1.165, 1.54) is 5.57 Å². The molecule has 0 spiro atoms. The van der Waals surface area contributed by atoms with E-state index < -0.39 is 0 Å². The molecule has 0 rings (SSSR count). The van der Waals surface area contributed by atoms with Gasteiger partial charge < -0.3 is 0 Å². The van der Waals surface area contributed by atoms with Crippen molar-refractivity contribution in [1.29, 1.82) is 0 Å².